The molecule has 0 unspecified atom stereocenters. The summed E-state index contributed by atoms with van der Waals surface area (Å²) in [6.07, 6.45) is 0. The van der Waals surface area contributed by atoms with Crippen LogP contribution in [-0.2, 0) is 6.61 Å². The Kier molecular flexibility index (Phi) is 3.50. The number of benzene rings is 2. The molecule has 0 saturated heterocycles. The lowest BCUT2D eigenvalue weighted by atomic mass is 10.1. The summed E-state index contributed by atoms with van der Waals surface area (Å²) in [6.45, 7) is -0.0377. The molecule has 108 valence electrons. The highest BCUT2D eigenvalue weighted by Gasteiger charge is 2.18. The van der Waals surface area contributed by atoms with Gasteiger partial charge in [0.25, 0.3) is 0 Å². The molecule has 0 aliphatic carbocycles. The molecule has 0 spiro atoms. The Balaban J connectivity index is 2.20. The van der Waals surface area contributed by atoms with Gasteiger partial charge in [-0.15, -0.1) is 0 Å². The Morgan fingerprint density at radius 2 is 1.81 bits per heavy atom. The fourth-order valence-corrected chi connectivity index (χ4v) is 2.24. The molecule has 5 heteroatoms. The zero-order valence-corrected chi connectivity index (χ0v) is 11.8. The van der Waals surface area contributed by atoms with E-state index in [0.29, 0.717) is 28.5 Å². The quantitative estimate of drug-likeness (QED) is 0.798. The van der Waals surface area contributed by atoms with E-state index in [0.717, 1.165) is 11.1 Å². The Hall–Kier alpha value is -2.53. The van der Waals surface area contributed by atoms with Crippen LogP contribution >= 0.6 is 0 Å². The first-order chi connectivity index (χ1) is 10.3. The number of ether oxygens (including phenoxy) is 2. The smallest absolute Gasteiger partial charge is 0.234 e. The second-order valence-corrected chi connectivity index (χ2v) is 4.52. The van der Waals surface area contributed by atoms with Gasteiger partial charge in [-0.3, -0.25) is 0 Å². The van der Waals surface area contributed by atoms with E-state index in [1.165, 1.54) is 0 Å². The maximum Gasteiger partial charge on any atom is 0.234 e. The van der Waals surface area contributed by atoms with Crippen molar-refractivity contribution < 1.29 is 19.0 Å². The van der Waals surface area contributed by atoms with Crippen LogP contribution in [0.2, 0.25) is 0 Å². The molecule has 0 fully saturated rings. The average molecular weight is 285 g/mol. The van der Waals surface area contributed by atoms with Crippen LogP contribution in [0.15, 0.2) is 40.8 Å². The molecule has 0 saturated carbocycles. The molecule has 1 N–H and O–H groups in total. The number of fused-ring (bicyclic) bond motifs is 1. The first kappa shape index (κ1) is 13.5. The van der Waals surface area contributed by atoms with Crippen LogP contribution in [0.5, 0.6) is 11.5 Å². The van der Waals surface area contributed by atoms with Gasteiger partial charge in [-0.25, -0.2) is 4.98 Å². The van der Waals surface area contributed by atoms with Gasteiger partial charge in [-0.1, -0.05) is 12.1 Å². The number of aromatic nitrogens is 1. The number of rotatable bonds is 4. The van der Waals surface area contributed by atoms with Gasteiger partial charge in [0.2, 0.25) is 5.89 Å². The van der Waals surface area contributed by atoms with Gasteiger partial charge in [0, 0.05) is 0 Å². The maximum absolute atomic E-state index is 9.18. The molecule has 5 nitrogen and oxygen atoms in total. The second kappa shape index (κ2) is 5.46. The summed E-state index contributed by atoms with van der Waals surface area (Å²) in [7, 11) is 3.18. The predicted molar refractivity (Wildman–Crippen MR) is 78.5 cm³/mol. The third kappa shape index (κ3) is 2.32. The normalized spacial score (nSPS) is 10.8. The largest absolute Gasteiger partial charge is 0.496 e. The highest BCUT2D eigenvalue weighted by atomic mass is 16.5. The van der Waals surface area contributed by atoms with Crippen molar-refractivity contribution in [2.75, 3.05) is 14.2 Å². The molecule has 3 aromatic rings. The molecular formula is C16H15NO4. The third-order valence-electron chi connectivity index (χ3n) is 3.28. The Labute approximate surface area is 121 Å². The molecule has 0 radical (unpaired) electrons. The van der Waals surface area contributed by atoms with Crippen LogP contribution in [0.1, 0.15) is 5.56 Å². The predicted octanol–water partition coefficient (Wildman–Crippen LogP) is 3.00. The van der Waals surface area contributed by atoms with E-state index in [-0.39, 0.29) is 6.61 Å². The minimum atomic E-state index is -0.0377. The number of aliphatic hydroxyl groups is 1. The first-order valence-corrected chi connectivity index (χ1v) is 6.48. The van der Waals surface area contributed by atoms with Crippen molar-refractivity contribution in [1.82, 2.24) is 4.98 Å². The van der Waals surface area contributed by atoms with Gasteiger partial charge in [0.15, 0.2) is 5.58 Å². The SMILES string of the molecule is COc1cccc(OC)c1-c1nc2ccc(CO)cc2o1. The number of aliphatic hydroxyl groups excluding tert-OH is 1. The van der Waals surface area contributed by atoms with E-state index in [9.17, 15) is 5.11 Å². The Morgan fingerprint density at radius 3 is 2.43 bits per heavy atom. The van der Waals surface area contributed by atoms with Crippen LogP contribution in [0.25, 0.3) is 22.6 Å². The number of nitrogens with zero attached hydrogens (tertiary/aromatic N) is 1. The van der Waals surface area contributed by atoms with E-state index in [1.807, 2.05) is 30.3 Å². The molecule has 0 bridgehead atoms. The van der Waals surface area contributed by atoms with Crippen molar-refractivity contribution in [3.05, 3.63) is 42.0 Å². The molecule has 0 aliphatic rings. The topological polar surface area (TPSA) is 64.7 Å². The summed E-state index contributed by atoms with van der Waals surface area (Å²) in [5.74, 6) is 1.68. The fourth-order valence-electron chi connectivity index (χ4n) is 2.24. The highest BCUT2D eigenvalue weighted by molar-refractivity contribution is 5.80. The number of hydrogen-bond acceptors (Lipinski definition) is 5. The summed E-state index contributed by atoms with van der Waals surface area (Å²) >= 11 is 0. The number of oxazole rings is 1. The van der Waals surface area contributed by atoms with E-state index in [1.54, 1.807) is 20.3 Å². The molecular weight excluding hydrogens is 270 g/mol. The number of hydrogen-bond donors (Lipinski definition) is 1. The Morgan fingerprint density at radius 1 is 1.10 bits per heavy atom. The summed E-state index contributed by atoms with van der Waals surface area (Å²) in [5.41, 5.74) is 2.78. The first-order valence-electron chi connectivity index (χ1n) is 6.48. The minimum Gasteiger partial charge on any atom is -0.496 e. The highest BCUT2D eigenvalue weighted by Crippen LogP contribution is 2.38. The van der Waals surface area contributed by atoms with E-state index >= 15 is 0 Å². The zero-order valence-electron chi connectivity index (χ0n) is 11.8. The Bertz CT molecular complexity index is 757. The van der Waals surface area contributed by atoms with Gasteiger partial charge in [0.05, 0.1) is 20.8 Å². The van der Waals surface area contributed by atoms with Crippen molar-refractivity contribution in [1.29, 1.82) is 0 Å². The van der Waals surface area contributed by atoms with Crippen LogP contribution in [0.3, 0.4) is 0 Å². The second-order valence-electron chi connectivity index (χ2n) is 4.52. The van der Waals surface area contributed by atoms with E-state index < -0.39 is 0 Å². The zero-order chi connectivity index (χ0) is 14.8. The van der Waals surface area contributed by atoms with Gasteiger partial charge in [-0.2, -0.15) is 0 Å². The van der Waals surface area contributed by atoms with Crippen molar-refractivity contribution in [2.45, 2.75) is 6.61 Å². The van der Waals surface area contributed by atoms with Crippen LogP contribution < -0.4 is 9.47 Å². The van der Waals surface area contributed by atoms with Gasteiger partial charge < -0.3 is 19.0 Å². The van der Waals surface area contributed by atoms with Crippen molar-refractivity contribution >= 4 is 11.1 Å². The summed E-state index contributed by atoms with van der Waals surface area (Å²) in [5, 5.41) is 9.18. The van der Waals surface area contributed by atoms with E-state index in [4.69, 9.17) is 13.9 Å². The molecule has 2 aromatic carbocycles. The van der Waals surface area contributed by atoms with Gasteiger partial charge in [-0.05, 0) is 29.8 Å². The maximum atomic E-state index is 9.18. The van der Waals surface area contributed by atoms with Gasteiger partial charge in [0.1, 0.15) is 22.6 Å². The van der Waals surface area contributed by atoms with Crippen LogP contribution in [-0.4, -0.2) is 24.3 Å². The van der Waals surface area contributed by atoms with Crippen molar-refractivity contribution in [3.8, 4) is 23.0 Å². The van der Waals surface area contributed by atoms with Gasteiger partial charge >= 0.3 is 0 Å². The molecule has 21 heavy (non-hydrogen) atoms. The monoisotopic (exact) mass is 285 g/mol. The molecule has 3 rings (SSSR count). The lowest BCUT2D eigenvalue weighted by Gasteiger charge is -2.09. The lowest BCUT2D eigenvalue weighted by Crippen LogP contribution is -1.92. The fraction of sp³-hybridized carbons (Fsp3) is 0.188. The molecule has 1 heterocycles. The molecule has 0 amide bonds. The molecule has 0 aliphatic heterocycles. The molecule has 1 aromatic heterocycles. The number of methoxy groups -OCH3 is 2. The summed E-state index contributed by atoms with van der Waals surface area (Å²) in [6, 6.07) is 10.9. The van der Waals surface area contributed by atoms with Crippen molar-refractivity contribution in [2.24, 2.45) is 0 Å². The van der Waals surface area contributed by atoms with Crippen LogP contribution in [0.4, 0.5) is 0 Å². The van der Waals surface area contributed by atoms with Crippen LogP contribution in [0, 0.1) is 0 Å². The standard InChI is InChI=1S/C16H15NO4/c1-19-12-4-3-5-13(20-2)15(12)16-17-11-7-6-10(9-18)8-14(11)21-16/h3-8,18H,9H2,1-2H3. The summed E-state index contributed by atoms with van der Waals surface area (Å²) in [4.78, 5) is 4.47. The lowest BCUT2D eigenvalue weighted by molar-refractivity contribution is 0.282. The average Bonchev–Trinajstić information content (AvgIpc) is 2.96. The molecule has 0 atom stereocenters. The third-order valence-corrected chi connectivity index (χ3v) is 3.28. The van der Waals surface area contributed by atoms with Crippen molar-refractivity contribution in [3.63, 3.8) is 0 Å². The minimum absolute atomic E-state index is 0.0377. The van der Waals surface area contributed by atoms with E-state index in [2.05, 4.69) is 4.98 Å². The summed E-state index contributed by atoms with van der Waals surface area (Å²) < 4.78 is 16.5.